The van der Waals surface area contributed by atoms with Crippen molar-refractivity contribution < 1.29 is 48.4 Å². The van der Waals surface area contributed by atoms with E-state index in [2.05, 4.69) is 124 Å². The molecular weight excluding hydrogens is 970 g/mol. The number of benzene rings is 2. The number of aromatic carboxylic acids is 1. The van der Waals surface area contributed by atoms with Crippen molar-refractivity contribution in [2.75, 3.05) is 13.2 Å². The maximum absolute atomic E-state index is 10.8. The molecule has 0 amide bonds. The Bertz CT molecular complexity index is 2290. The molecule has 0 bridgehead atoms. The van der Waals surface area contributed by atoms with Crippen LogP contribution in [0.1, 0.15) is 112 Å². The van der Waals surface area contributed by atoms with Gasteiger partial charge in [0, 0.05) is 43.2 Å². The van der Waals surface area contributed by atoms with E-state index in [-0.39, 0.29) is 58.0 Å². The Kier molecular flexibility index (Phi) is 33.1. The van der Waals surface area contributed by atoms with E-state index in [1.165, 1.54) is 80.7 Å². The summed E-state index contributed by atoms with van der Waals surface area (Å²) in [4.78, 5) is 38.4. The summed E-state index contributed by atoms with van der Waals surface area (Å²) in [5.41, 5.74) is 13.0. The van der Waals surface area contributed by atoms with Gasteiger partial charge in [0.05, 0.1) is 41.6 Å². The Morgan fingerprint density at radius 2 is 1.24 bits per heavy atom. The molecule has 0 saturated carbocycles. The molecule has 6 rings (SSSR count). The van der Waals surface area contributed by atoms with E-state index in [0.29, 0.717) is 23.6 Å². The number of pyridine rings is 3. The van der Waals surface area contributed by atoms with Gasteiger partial charge in [0.15, 0.2) is 0 Å². The molecule has 1 aliphatic heterocycles. The Morgan fingerprint density at radius 3 is 1.81 bits per heavy atom. The van der Waals surface area contributed by atoms with Crippen LogP contribution >= 0.6 is 25.7 Å². The first-order valence-corrected chi connectivity index (χ1v) is 21.7. The van der Waals surface area contributed by atoms with Crippen LogP contribution in [0.3, 0.4) is 0 Å². The molecule has 1 unspecified atom stereocenters. The Morgan fingerprint density at radius 1 is 0.716 bits per heavy atom. The number of allylic oxidation sites excluding steroid dienone is 2. The van der Waals surface area contributed by atoms with E-state index in [1.807, 2.05) is 30.6 Å². The number of hydrogen-bond acceptors (Lipinski definition) is 10. The SMILES string of the molecule is C.CCCCCCOc1ccc(/C=C/c2ccnc(C3=NC=CC(/C=C/c4ccc(OCCCCCC)cc4)C3)c2)cc1.O=COc1ccnc(-c2cc(C(=O)O)ccn2)c1.S.[NH-]C=S.[NH2-].[Ru+2]. The first-order valence-electron chi connectivity index (χ1n) is 21.2. The molecule has 0 spiro atoms. The fourth-order valence-corrected chi connectivity index (χ4v) is 6.20. The molecule has 5 aromatic rings. The van der Waals surface area contributed by atoms with Gasteiger partial charge in [0.1, 0.15) is 17.2 Å². The number of aliphatic imine (C=N–C) groups is 1. The zero-order chi connectivity index (χ0) is 44.9. The second-order valence-corrected chi connectivity index (χ2v) is 14.6. The summed E-state index contributed by atoms with van der Waals surface area (Å²) >= 11 is 3.94. The maximum Gasteiger partial charge on any atom is 2.00 e. The average Bonchev–Trinajstić information content (AvgIpc) is 3.32. The fraction of sp³-hybridized carbons (Fsp3) is 0.288. The number of unbranched alkanes of at least 4 members (excludes halogenated alkanes) is 6. The predicted octanol–water partition coefficient (Wildman–Crippen LogP) is 14.0. The number of carboxylic acids is 1. The molecule has 2 aromatic carbocycles. The Balaban J connectivity index is 0.00000146. The van der Waals surface area contributed by atoms with Crippen LogP contribution in [0.15, 0.2) is 127 Å². The van der Waals surface area contributed by atoms with Crippen LogP contribution in [0.2, 0.25) is 0 Å². The molecule has 0 saturated heterocycles. The summed E-state index contributed by atoms with van der Waals surface area (Å²) in [6.07, 6.45) is 28.0. The van der Waals surface area contributed by atoms with Crippen molar-refractivity contribution in [3.8, 4) is 28.6 Å². The first-order chi connectivity index (χ1) is 30.8. The van der Waals surface area contributed by atoms with Gasteiger partial charge < -0.3 is 31.2 Å². The summed E-state index contributed by atoms with van der Waals surface area (Å²) in [6, 6.07) is 26.6. The second-order valence-electron chi connectivity index (χ2n) is 14.4. The molecule has 1 aliphatic rings. The molecular formula is C52H64N6O6RuS2. The number of aromatic nitrogens is 3. The smallest absolute Gasteiger partial charge is 0.696 e. The molecule has 0 fully saturated rings. The molecule has 3 aromatic heterocycles. The van der Waals surface area contributed by atoms with Crippen molar-refractivity contribution in [1.82, 2.24) is 15.0 Å². The number of nitrogens with zero attached hydrogens (tertiary/aromatic N) is 4. The van der Waals surface area contributed by atoms with Crippen LogP contribution in [-0.4, -0.2) is 56.9 Å². The van der Waals surface area contributed by atoms with Gasteiger partial charge in [-0.15, -0.1) is 17.7 Å². The average molecular weight is 1030 g/mol. The van der Waals surface area contributed by atoms with Crippen molar-refractivity contribution >= 4 is 67.6 Å². The molecule has 12 nitrogen and oxygen atoms in total. The standard InChI is InChI=1S/C38H46N2O2.C12H8N2O4.CH3NS.CH4.H2N.Ru.H2S/c1-3-5-7-9-27-41-35-19-15-31(16-20-35)11-13-33-23-25-39-37(29-33)38-30-34(24-26-40-38)14-12-32-17-21-36(22-18-32)42-28-10-8-6-4-2;15-7-18-9-2-4-14-11(6-9)10-5-8(12(16)17)1-3-13-10;2-1-3;;;;/h11-26,29,34H,3-10,27-28,30H2,1-2H3;1-7H,(H,16,17);1H,(H2,2,3);1H4;1H2;;1H2/q;;;;-1;+2;/p-1/b13-11+,14-12+;;;;;;. The molecule has 0 aliphatic carbocycles. The van der Waals surface area contributed by atoms with Gasteiger partial charge in [-0.05, 0) is 84.1 Å². The van der Waals surface area contributed by atoms with Gasteiger partial charge in [-0.3, -0.25) is 24.7 Å². The van der Waals surface area contributed by atoms with Crippen molar-refractivity contribution in [2.24, 2.45) is 10.9 Å². The predicted molar refractivity (Wildman–Crippen MR) is 280 cm³/mol. The topological polar surface area (TPSA) is 190 Å². The zero-order valence-electron chi connectivity index (χ0n) is 37.4. The number of carbonyl (C=O) groups is 2. The zero-order valence-corrected chi connectivity index (χ0v) is 41.0. The molecule has 358 valence electrons. The number of rotatable bonds is 21. The number of carbonyl (C=O) groups excluding carboxylic acids is 1. The number of nitrogens with one attached hydrogen (secondary N) is 1. The summed E-state index contributed by atoms with van der Waals surface area (Å²) in [7, 11) is 0. The maximum atomic E-state index is 10.8. The minimum Gasteiger partial charge on any atom is -0.696 e. The third-order valence-corrected chi connectivity index (χ3v) is 9.55. The van der Waals surface area contributed by atoms with E-state index in [0.717, 1.165) is 72.0 Å². The van der Waals surface area contributed by atoms with Gasteiger partial charge in [-0.2, -0.15) is 13.5 Å². The van der Waals surface area contributed by atoms with Crippen LogP contribution in [0, 0.1) is 5.92 Å². The van der Waals surface area contributed by atoms with Gasteiger partial charge >= 0.3 is 25.4 Å². The van der Waals surface area contributed by atoms with Crippen LogP contribution < -0.4 is 14.2 Å². The molecule has 4 heterocycles. The monoisotopic (exact) mass is 1030 g/mol. The summed E-state index contributed by atoms with van der Waals surface area (Å²) in [5.74, 6) is 1.42. The summed E-state index contributed by atoms with van der Waals surface area (Å²) < 4.78 is 16.4. The second kappa shape index (κ2) is 36.3. The van der Waals surface area contributed by atoms with E-state index < -0.39 is 5.97 Å². The number of nitrogens with two attached hydrogens (primary N) is 1. The van der Waals surface area contributed by atoms with Crippen molar-refractivity contribution in [3.05, 3.63) is 162 Å². The van der Waals surface area contributed by atoms with Crippen LogP contribution in [0.5, 0.6) is 17.2 Å². The fourth-order valence-electron chi connectivity index (χ4n) is 6.20. The number of hydrogen-bond donors (Lipinski definition) is 1. The van der Waals surface area contributed by atoms with Crippen LogP contribution in [0.4, 0.5) is 0 Å². The molecule has 1 atom stereocenters. The largest absolute Gasteiger partial charge is 2.00 e. The minimum absolute atomic E-state index is 0. The molecule has 0 radical (unpaired) electrons. The van der Waals surface area contributed by atoms with Crippen molar-refractivity contribution in [1.29, 1.82) is 0 Å². The Hall–Kier alpha value is -5.86. The minimum atomic E-state index is -1.04. The number of ether oxygens (including phenoxy) is 3. The quantitative estimate of drug-likeness (QED) is 0.0320. The molecule has 67 heavy (non-hydrogen) atoms. The third kappa shape index (κ3) is 23.4. The van der Waals surface area contributed by atoms with Gasteiger partial charge in [-0.1, -0.05) is 114 Å². The van der Waals surface area contributed by atoms with E-state index in [1.54, 1.807) is 0 Å². The number of thiocarbonyl (C=S) groups is 1. The van der Waals surface area contributed by atoms with Crippen molar-refractivity contribution in [3.63, 3.8) is 0 Å². The molecule has 4 N–H and O–H groups in total. The Labute approximate surface area is 422 Å². The van der Waals surface area contributed by atoms with E-state index in [9.17, 15) is 9.59 Å². The van der Waals surface area contributed by atoms with Gasteiger partial charge in [0.25, 0.3) is 6.47 Å². The third-order valence-electron chi connectivity index (χ3n) is 9.55. The van der Waals surface area contributed by atoms with Gasteiger partial charge in [0.2, 0.25) is 0 Å². The van der Waals surface area contributed by atoms with E-state index >= 15 is 0 Å². The van der Waals surface area contributed by atoms with Crippen molar-refractivity contribution in [2.45, 2.75) is 79.1 Å². The van der Waals surface area contributed by atoms with E-state index in [4.69, 9.17) is 20.3 Å². The van der Waals surface area contributed by atoms with Gasteiger partial charge in [-0.25, -0.2) is 4.79 Å². The normalized spacial score (nSPS) is 12.1. The van der Waals surface area contributed by atoms with Crippen LogP contribution in [-0.2, 0) is 24.3 Å². The molecule has 15 heteroatoms. The number of carboxylic acid groups (broad SMARTS) is 1. The first kappa shape index (κ1) is 61.1. The summed E-state index contributed by atoms with van der Waals surface area (Å²) in [6.45, 7) is 6.33. The van der Waals surface area contributed by atoms with Crippen LogP contribution in [0.25, 0.3) is 41.5 Å². The summed E-state index contributed by atoms with van der Waals surface area (Å²) in [5, 5.41) is 8.88.